The van der Waals surface area contributed by atoms with Gasteiger partial charge in [-0.3, -0.25) is 4.79 Å². The van der Waals surface area contributed by atoms with Gasteiger partial charge in [0.25, 0.3) is 5.91 Å². The van der Waals surface area contributed by atoms with Gasteiger partial charge < -0.3 is 24.6 Å². The Labute approximate surface area is 259 Å². The molecule has 2 amide bonds. The molecule has 2 aromatic rings. The topological polar surface area (TPSA) is 88.4 Å². The number of nitrogens with zero attached hydrogens (tertiary/aromatic N) is 4. The van der Waals surface area contributed by atoms with Crippen molar-refractivity contribution in [2.24, 2.45) is 16.2 Å². The van der Waals surface area contributed by atoms with Crippen molar-refractivity contribution in [2.45, 2.75) is 79.1 Å². The van der Waals surface area contributed by atoms with E-state index in [0.29, 0.717) is 22.0 Å². The third kappa shape index (κ3) is 5.99. The van der Waals surface area contributed by atoms with Gasteiger partial charge in [0.05, 0.1) is 17.2 Å². The van der Waals surface area contributed by atoms with Crippen LogP contribution < -0.4 is 15.0 Å². The number of amides is 2. The van der Waals surface area contributed by atoms with E-state index in [1.54, 1.807) is 29.3 Å². The molecule has 3 fully saturated rings. The third-order valence-corrected chi connectivity index (χ3v) is 9.57. The summed E-state index contributed by atoms with van der Waals surface area (Å²) in [7, 11) is 0. The average molecular weight is 608 g/mol. The third-order valence-electron chi connectivity index (χ3n) is 9.27. The number of likely N-dealkylation sites (tertiary alicyclic amines) is 1. The van der Waals surface area contributed by atoms with Crippen molar-refractivity contribution in [3.8, 4) is 5.75 Å². The number of piperidine rings is 1. The zero-order valence-corrected chi connectivity index (χ0v) is 26.9. The largest absolute Gasteiger partial charge is 0.489 e. The molecule has 2 aliphatic heterocycles. The van der Waals surface area contributed by atoms with E-state index in [-0.39, 0.29) is 40.4 Å². The van der Waals surface area contributed by atoms with Gasteiger partial charge in [0.1, 0.15) is 23.3 Å². The minimum absolute atomic E-state index is 0.129. The second-order valence-corrected chi connectivity index (χ2v) is 14.9. The molecule has 5 rings (SSSR count). The molecule has 1 saturated carbocycles. The van der Waals surface area contributed by atoms with Gasteiger partial charge in [-0.25, -0.2) is 14.6 Å². The molecule has 0 bridgehead atoms. The van der Waals surface area contributed by atoms with Crippen molar-refractivity contribution in [1.29, 1.82) is 0 Å². The van der Waals surface area contributed by atoms with Crippen LogP contribution in [0.2, 0.25) is 5.02 Å². The Kier molecular flexibility index (Phi) is 7.83. The number of anilines is 1. The number of carbonyl (C=O) groups excluding carboxylic acids is 2. The molecule has 0 radical (unpaired) electrons. The molecule has 3 heterocycles. The lowest BCUT2D eigenvalue weighted by Gasteiger charge is -2.63. The number of ether oxygens (including phenoxy) is 2. The average Bonchev–Trinajstić information content (AvgIpc) is 2.92. The Morgan fingerprint density at radius 3 is 2.26 bits per heavy atom. The molecule has 10 heteroatoms. The molecule has 1 aromatic heterocycles. The van der Waals surface area contributed by atoms with Crippen LogP contribution in [-0.4, -0.2) is 65.8 Å². The predicted octanol–water partition coefficient (Wildman–Crippen LogP) is 6.74. The summed E-state index contributed by atoms with van der Waals surface area (Å²) in [6.07, 6.45) is 3.22. The van der Waals surface area contributed by atoms with E-state index < -0.39 is 5.60 Å². The second kappa shape index (κ2) is 10.9. The number of halogens is 1. The number of rotatable bonds is 5. The summed E-state index contributed by atoms with van der Waals surface area (Å²) in [4.78, 5) is 37.8. The van der Waals surface area contributed by atoms with Crippen LogP contribution in [0.15, 0.2) is 36.5 Å². The van der Waals surface area contributed by atoms with E-state index in [4.69, 9.17) is 27.6 Å². The standard InChI is InChI=1S/C33H42ClN5O4/c1-30(2,3)43-29(41)39-19-33(20-39)13-15-38(16-14-33)25-12-9-21(18-36-25)26(40)37-27-31(4,5)28(32(27,6)7)42-22-10-11-24(35-8)23(34)17-22/h9-12,17-18,27-28H,13-16,19-20H2,1-7H3,(H,37,40). The lowest BCUT2D eigenvalue weighted by molar-refractivity contribution is -0.164. The van der Waals surface area contributed by atoms with Crippen LogP contribution in [0, 0.1) is 22.8 Å². The lowest BCUT2D eigenvalue weighted by atomic mass is 9.49. The summed E-state index contributed by atoms with van der Waals surface area (Å²) in [6.45, 7) is 24.4. The summed E-state index contributed by atoms with van der Waals surface area (Å²) in [5.41, 5.74) is -0.113. The fourth-order valence-corrected chi connectivity index (χ4v) is 7.47. The first kappa shape index (κ1) is 30.9. The molecule has 0 atom stereocenters. The first-order chi connectivity index (χ1) is 20.0. The van der Waals surface area contributed by atoms with Gasteiger partial charge in [-0.2, -0.15) is 0 Å². The molecule has 0 unspecified atom stereocenters. The highest BCUT2D eigenvalue weighted by atomic mass is 35.5. The van der Waals surface area contributed by atoms with Gasteiger partial charge in [0.15, 0.2) is 0 Å². The molecular weight excluding hydrogens is 566 g/mol. The van der Waals surface area contributed by atoms with Crippen molar-refractivity contribution in [2.75, 3.05) is 31.1 Å². The summed E-state index contributed by atoms with van der Waals surface area (Å²) in [6, 6.07) is 8.72. The van der Waals surface area contributed by atoms with Crippen molar-refractivity contribution < 1.29 is 19.1 Å². The van der Waals surface area contributed by atoms with Crippen LogP contribution in [0.3, 0.4) is 0 Å². The quantitative estimate of drug-likeness (QED) is 0.379. The van der Waals surface area contributed by atoms with Gasteiger partial charge in [-0.1, -0.05) is 45.4 Å². The molecule has 1 aliphatic carbocycles. The minimum atomic E-state index is -0.484. The number of pyridine rings is 1. The second-order valence-electron chi connectivity index (χ2n) is 14.5. The highest BCUT2D eigenvalue weighted by molar-refractivity contribution is 6.33. The van der Waals surface area contributed by atoms with E-state index >= 15 is 0 Å². The fourth-order valence-electron chi connectivity index (χ4n) is 7.25. The molecular formula is C33H42ClN5O4. The molecule has 230 valence electrons. The molecule has 1 aromatic carbocycles. The van der Waals surface area contributed by atoms with Gasteiger partial charge in [-0.15, -0.1) is 0 Å². The van der Waals surface area contributed by atoms with Crippen molar-refractivity contribution >= 4 is 35.1 Å². The van der Waals surface area contributed by atoms with Crippen LogP contribution in [0.5, 0.6) is 5.75 Å². The van der Waals surface area contributed by atoms with Crippen molar-refractivity contribution in [3.63, 3.8) is 0 Å². The lowest BCUT2D eigenvalue weighted by Crippen LogP contribution is -2.74. The van der Waals surface area contributed by atoms with Gasteiger partial charge in [0.2, 0.25) is 5.69 Å². The monoisotopic (exact) mass is 607 g/mol. The predicted molar refractivity (Wildman–Crippen MR) is 167 cm³/mol. The smallest absolute Gasteiger partial charge is 0.410 e. The minimum Gasteiger partial charge on any atom is -0.489 e. The van der Waals surface area contributed by atoms with Crippen LogP contribution in [0.1, 0.15) is 71.7 Å². The number of hydrogen-bond donors (Lipinski definition) is 1. The van der Waals surface area contributed by atoms with Crippen molar-refractivity contribution in [1.82, 2.24) is 15.2 Å². The molecule has 9 nitrogen and oxygen atoms in total. The molecule has 3 aliphatic rings. The number of benzene rings is 1. The first-order valence-electron chi connectivity index (χ1n) is 14.9. The maximum Gasteiger partial charge on any atom is 0.410 e. The maximum absolute atomic E-state index is 13.3. The Hall–Kier alpha value is -3.51. The Morgan fingerprint density at radius 1 is 1.07 bits per heavy atom. The normalized spacial score (nSPS) is 23.4. The summed E-state index contributed by atoms with van der Waals surface area (Å²) >= 11 is 6.22. The maximum atomic E-state index is 13.3. The van der Waals surface area contributed by atoms with Gasteiger partial charge in [-0.05, 0) is 57.9 Å². The van der Waals surface area contributed by atoms with Crippen LogP contribution in [0.4, 0.5) is 16.3 Å². The highest BCUT2D eigenvalue weighted by Crippen LogP contribution is 2.55. The van der Waals surface area contributed by atoms with E-state index in [9.17, 15) is 9.59 Å². The van der Waals surface area contributed by atoms with E-state index in [1.807, 2.05) is 32.9 Å². The molecule has 2 saturated heterocycles. The summed E-state index contributed by atoms with van der Waals surface area (Å²) < 4.78 is 11.9. The number of carbonyl (C=O) groups is 2. The van der Waals surface area contributed by atoms with Crippen molar-refractivity contribution in [3.05, 3.63) is 58.5 Å². The number of nitrogens with one attached hydrogen (secondary N) is 1. The molecule has 43 heavy (non-hydrogen) atoms. The molecule has 1 N–H and O–H groups in total. The van der Waals surface area contributed by atoms with Crippen LogP contribution >= 0.6 is 11.6 Å². The van der Waals surface area contributed by atoms with Crippen LogP contribution in [-0.2, 0) is 4.74 Å². The summed E-state index contributed by atoms with van der Waals surface area (Å²) in [5.74, 6) is 1.30. The fraction of sp³-hybridized carbons (Fsp3) is 0.576. The molecule has 1 spiro atoms. The summed E-state index contributed by atoms with van der Waals surface area (Å²) in [5, 5.41) is 3.59. The van der Waals surface area contributed by atoms with Gasteiger partial charge >= 0.3 is 6.09 Å². The van der Waals surface area contributed by atoms with Gasteiger partial charge in [0, 0.05) is 54.7 Å². The Morgan fingerprint density at radius 2 is 1.72 bits per heavy atom. The number of hydrogen-bond acceptors (Lipinski definition) is 6. The zero-order valence-electron chi connectivity index (χ0n) is 26.2. The Balaban J connectivity index is 1.14. The van der Waals surface area contributed by atoms with E-state index in [1.165, 1.54) is 0 Å². The first-order valence-corrected chi connectivity index (χ1v) is 15.3. The SMILES string of the molecule is [C-]#[N+]c1ccc(OC2C(C)(C)C(NC(=O)c3ccc(N4CCC5(CC4)CN(C(=O)OC(C)(C)C)C5)nc3)C2(C)C)cc1Cl. The van der Waals surface area contributed by atoms with E-state index in [0.717, 1.165) is 44.8 Å². The number of aromatic nitrogens is 1. The highest BCUT2D eigenvalue weighted by Gasteiger charge is 2.64. The zero-order chi connectivity index (χ0) is 31.4. The van der Waals surface area contributed by atoms with E-state index in [2.05, 4.69) is 47.7 Å². The van der Waals surface area contributed by atoms with Crippen LogP contribution in [0.25, 0.3) is 4.85 Å². The Bertz CT molecular complexity index is 1410.